The Balaban J connectivity index is 1.40. The largest absolute Gasteiger partial charge is 0.362 e. The minimum absolute atomic E-state index is 0.192. The van der Waals surface area contributed by atoms with Crippen molar-refractivity contribution in [3.63, 3.8) is 0 Å². The number of rotatable bonds is 9. The predicted octanol–water partition coefficient (Wildman–Crippen LogP) is 12.0. The minimum atomic E-state index is -0.636. The zero-order chi connectivity index (χ0) is 35.9. The molecule has 0 N–H and O–H groups in total. The van der Waals surface area contributed by atoms with Gasteiger partial charge in [-0.3, -0.25) is 0 Å². The van der Waals surface area contributed by atoms with Gasteiger partial charge in [-0.25, -0.2) is 0 Å². The zero-order valence-electron chi connectivity index (χ0n) is 30.4. The zero-order valence-corrected chi connectivity index (χ0v) is 31.9. The monoisotopic (exact) mass is 714 g/mol. The van der Waals surface area contributed by atoms with Crippen LogP contribution in [0.5, 0.6) is 0 Å². The summed E-state index contributed by atoms with van der Waals surface area (Å²) in [7, 11) is 1.79. The number of para-hydroxylation sites is 2. The molecule has 1 unspecified atom stereocenters. The molecule has 4 aromatic carbocycles. The van der Waals surface area contributed by atoms with E-state index < -0.39 is 5.60 Å². The molecule has 0 bridgehead atoms. The number of ether oxygens (including phenoxy) is 1. The summed E-state index contributed by atoms with van der Waals surface area (Å²) in [5.74, 6) is 0. The number of allylic oxidation sites excluding steroid dienone is 6. The highest BCUT2D eigenvalue weighted by Crippen LogP contribution is 2.49. The molecule has 0 saturated heterocycles. The summed E-state index contributed by atoms with van der Waals surface area (Å²) in [5, 5.41) is 1.48. The lowest BCUT2D eigenvalue weighted by Crippen LogP contribution is -2.33. The number of benzene rings is 4. The number of halogens is 2. The van der Waals surface area contributed by atoms with E-state index in [1.165, 1.54) is 33.8 Å². The van der Waals surface area contributed by atoms with Gasteiger partial charge in [-0.05, 0) is 111 Å². The molecule has 6 heteroatoms. The molecule has 51 heavy (non-hydrogen) atoms. The van der Waals surface area contributed by atoms with Crippen LogP contribution in [0.2, 0.25) is 10.0 Å². The van der Waals surface area contributed by atoms with Crippen molar-refractivity contribution in [2.45, 2.75) is 58.5 Å². The molecule has 0 amide bonds. The van der Waals surface area contributed by atoms with Crippen LogP contribution >= 0.6 is 23.2 Å². The van der Waals surface area contributed by atoms with Gasteiger partial charge in [0.15, 0.2) is 5.60 Å². The molecule has 0 fully saturated rings. The van der Waals surface area contributed by atoms with Crippen molar-refractivity contribution in [2.24, 2.45) is 0 Å². The molecule has 0 radical (unpaired) electrons. The molecule has 0 saturated carbocycles. The fraction of sp³-hybridized carbons (Fsp3) is 0.267. The van der Waals surface area contributed by atoms with Crippen molar-refractivity contribution in [1.29, 1.82) is 0 Å². The molecule has 260 valence electrons. The van der Waals surface area contributed by atoms with Gasteiger partial charge < -0.3 is 14.5 Å². The fourth-order valence-corrected chi connectivity index (χ4v) is 8.53. The third kappa shape index (κ3) is 6.08. The van der Waals surface area contributed by atoms with Gasteiger partial charge in [0.2, 0.25) is 11.4 Å². The molecule has 0 spiro atoms. The Morgan fingerprint density at radius 3 is 2.02 bits per heavy atom. The molecule has 1 aliphatic carbocycles. The highest BCUT2D eigenvalue weighted by atomic mass is 35.5. The Hall–Kier alpha value is -4.35. The topological polar surface area (TPSA) is 18.7 Å². The molecule has 1 atom stereocenters. The van der Waals surface area contributed by atoms with Crippen LogP contribution < -0.4 is 9.80 Å². The molecule has 3 aliphatic rings. The summed E-state index contributed by atoms with van der Waals surface area (Å²) < 4.78 is 8.64. The van der Waals surface area contributed by atoms with Crippen molar-refractivity contribution in [3.8, 4) is 0 Å². The highest BCUT2D eigenvalue weighted by molar-refractivity contribution is 6.31. The Kier molecular flexibility index (Phi) is 9.62. The van der Waals surface area contributed by atoms with Crippen LogP contribution in [0.25, 0.3) is 0 Å². The quantitative estimate of drug-likeness (QED) is 0.161. The van der Waals surface area contributed by atoms with Crippen molar-refractivity contribution in [2.75, 3.05) is 30.0 Å². The molecular weight excluding hydrogens is 669 g/mol. The fourth-order valence-electron chi connectivity index (χ4n) is 8.19. The van der Waals surface area contributed by atoms with Gasteiger partial charge >= 0.3 is 0 Å². The molecule has 0 aromatic heterocycles. The van der Waals surface area contributed by atoms with Crippen LogP contribution in [0.3, 0.4) is 0 Å². The summed E-state index contributed by atoms with van der Waals surface area (Å²) in [6.07, 6.45) is 11.1. The van der Waals surface area contributed by atoms with Gasteiger partial charge in [-0.15, -0.1) is 0 Å². The van der Waals surface area contributed by atoms with Gasteiger partial charge in [0, 0.05) is 64.0 Å². The smallest absolute Gasteiger partial charge is 0.218 e. The summed E-state index contributed by atoms with van der Waals surface area (Å²) in [6.45, 7) is 12.9. The van der Waals surface area contributed by atoms with Crippen LogP contribution in [0, 0.1) is 0 Å². The maximum Gasteiger partial charge on any atom is 0.218 e. The molecule has 4 nitrogen and oxygen atoms in total. The second-order valence-electron chi connectivity index (χ2n) is 14.0. The van der Waals surface area contributed by atoms with Crippen LogP contribution in [0.1, 0.15) is 58.6 Å². The molecule has 2 aliphatic heterocycles. The van der Waals surface area contributed by atoms with Crippen LogP contribution in [-0.2, 0) is 15.8 Å². The lowest BCUT2D eigenvalue weighted by Gasteiger charge is -2.29. The van der Waals surface area contributed by atoms with Crippen molar-refractivity contribution in [1.82, 2.24) is 0 Å². The Labute approximate surface area is 313 Å². The van der Waals surface area contributed by atoms with E-state index in [-0.39, 0.29) is 5.41 Å². The molecular formula is C45H46Cl2N3O+. The van der Waals surface area contributed by atoms with Crippen LogP contribution in [-0.4, -0.2) is 30.5 Å². The van der Waals surface area contributed by atoms with Crippen LogP contribution in [0.4, 0.5) is 22.7 Å². The average molecular weight is 716 g/mol. The lowest BCUT2D eigenvalue weighted by molar-refractivity contribution is -0.434. The van der Waals surface area contributed by atoms with E-state index in [1.54, 1.807) is 7.11 Å². The average Bonchev–Trinajstić information content (AvgIpc) is 3.72. The first kappa shape index (κ1) is 35.1. The second-order valence-corrected chi connectivity index (χ2v) is 14.9. The predicted molar refractivity (Wildman–Crippen MR) is 215 cm³/mol. The van der Waals surface area contributed by atoms with Gasteiger partial charge in [0.25, 0.3) is 0 Å². The Morgan fingerprint density at radius 2 is 1.41 bits per heavy atom. The summed E-state index contributed by atoms with van der Waals surface area (Å²) in [4.78, 5) is 4.85. The van der Waals surface area contributed by atoms with E-state index in [0.29, 0.717) is 5.02 Å². The Morgan fingerprint density at radius 1 is 0.784 bits per heavy atom. The minimum Gasteiger partial charge on any atom is -0.362 e. The number of nitrogens with zero attached hydrogens (tertiary/aromatic N) is 3. The van der Waals surface area contributed by atoms with Gasteiger partial charge in [0.1, 0.15) is 6.54 Å². The number of anilines is 3. The van der Waals surface area contributed by atoms with Gasteiger partial charge in [0.05, 0.1) is 11.3 Å². The number of fused-ring (bicyclic) bond motifs is 2. The first-order valence-electron chi connectivity index (χ1n) is 17.9. The standard InChI is InChI=1S/C45H46Cl2N3O/c1-7-48-39-25-23-33(46)29-37(39)44(3,4)41(48)27-21-31-19-20-32(43(31)50(35-15-11-9-12-16-35)36-17-13-10-14-18-36)22-28-42-45(5,51-6)38-30-34(47)24-26-40(38)49(42)8-2/h9-18,21-30H,7-8,19-20H2,1-6H3/q+1. The van der Waals surface area contributed by atoms with Gasteiger partial charge in [-0.1, -0.05) is 85.6 Å². The summed E-state index contributed by atoms with van der Waals surface area (Å²) in [5.41, 5.74) is 12.3. The van der Waals surface area contributed by atoms with E-state index in [0.717, 1.165) is 59.3 Å². The number of methoxy groups -OCH3 is 1. The van der Waals surface area contributed by atoms with E-state index in [9.17, 15) is 0 Å². The maximum atomic E-state index is 6.53. The third-order valence-corrected chi connectivity index (χ3v) is 11.3. The molecule has 7 rings (SSSR count). The normalized spacial score (nSPS) is 21.1. The number of hydrogen-bond donors (Lipinski definition) is 0. The highest BCUT2D eigenvalue weighted by Gasteiger charge is 2.48. The molecule has 2 heterocycles. The van der Waals surface area contributed by atoms with Gasteiger partial charge in [-0.2, -0.15) is 4.58 Å². The second kappa shape index (κ2) is 14.0. The number of hydrogen-bond acceptors (Lipinski definition) is 3. The first-order chi connectivity index (χ1) is 24.6. The van der Waals surface area contributed by atoms with Crippen molar-refractivity contribution >= 4 is 51.7 Å². The van der Waals surface area contributed by atoms with Crippen molar-refractivity contribution < 1.29 is 9.31 Å². The van der Waals surface area contributed by atoms with E-state index in [2.05, 4.69) is 152 Å². The lowest BCUT2D eigenvalue weighted by atomic mass is 9.83. The summed E-state index contributed by atoms with van der Waals surface area (Å²) in [6, 6.07) is 33.8. The van der Waals surface area contributed by atoms with E-state index >= 15 is 0 Å². The number of likely N-dealkylation sites (N-methyl/N-ethyl adjacent to an activating group) is 1. The van der Waals surface area contributed by atoms with Crippen molar-refractivity contribution in [3.05, 3.63) is 165 Å². The Bertz CT molecular complexity index is 2090. The maximum absolute atomic E-state index is 6.53. The molecule has 4 aromatic rings. The van der Waals surface area contributed by atoms with Crippen LogP contribution in [0.15, 0.2) is 144 Å². The third-order valence-electron chi connectivity index (χ3n) is 10.8. The SMILES string of the molecule is CCN1/C(=C/C=C2\CCC(/C=C/C3=[N+](CC)c4ccc(Cl)cc4C3(C)OC)=C2N(c2ccccc2)c2ccccc2)C(C)(C)c2cc(Cl)ccc21. The first-order valence-corrected chi connectivity index (χ1v) is 18.7. The summed E-state index contributed by atoms with van der Waals surface area (Å²) >= 11 is 13.1. The van der Waals surface area contributed by atoms with E-state index in [4.69, 9.17) is 27.9 Å². The van der Waals surface area contributed by atoms with E-state index in [1.807, 2.05) is 18.2 Å².